The summed E-state index contributed by atoms with van der Waals surface area (Å²) in [6.07, 6.45) is 0.488. The van der Waals surface area contributed by atoms with Crippen LogP contribution in [-0.4, -0.2) is 26.1 Å². The van der Waals surface area contributed by atoms with E-state index in [-0.39, 0.29) is 18.1 Å². The first-order valence-corrected chi connectivity index (χ1v) is 6.41. The molecule has 0 saturated carbocycles. The molecule has 0 saturated heterocycles. The largest absolute Gasteiger partial charge is 0.476 e. The van der Waals surface area contributed by atoms with Gasteiger partial charge in [-0.15, -0.1) is 5.10 Å². The molecule has 0 aliphatic rings. The molecule has 100 valence electrons. The van der Waals surface area contributed by atoms with E-state index in [1.54, 1.807) is 6.07 Å². The summed E-state index contributed by atoms with van der Waals surface area (Å²) >= 11 is 3.33. The summed E-state index contributed by atoms with van der Waals surface area (Å²) in [6, 6.07) is 4.33. The van der Waals surface area contributed by atoms with Crippen LogP contribution in [0.4, 0.5) is 4.39 Å². The Balaban J connectivity index is 2.38. The molecule has 0 unspecified atom stereocenters. The highest BCUT2D eigenvalue weighted by Crippen LogP contribution is 2.20. The molecule has 1 N–H and O–H groups in total. The van der Waals surface area contributed by atoms with E-state index in [2.05, 4.69) is 26.2 Å². The molecule has 0 aliphatic heterocycles. The van der Waals surface area contributed by atoms with Gasteiger partial charge in [0.15, 0.2) is 5.69 Å². The number of carbonyl (C=O) groups is 1. The van der Waals surface area contributed by atoms with Crippen LogP contribution in [0.15, 0.2) is 22.7 Å². The smallest absolute Gasteiger partial charge is 0.358 e. The van der Waals surface area contributed by atoms with Crippen molar-refractivity contribution in [1.29, 1.82) is 0 Å². The fourth-order valence-electron chi connectivity index (χ4n) is 1.80. The number of halogens is 2. The highest BCUT2D eigenvalue weighted by atomic mass is 79.9. The predicted octanol–water partition coefficient (Wildman–Crippen LogP) is 2.49. The standard InChI is InChI=1S/C12H11BrFN3O2/c1-2-10-11(12(18)19)15-16-17(10)6-7-5-8(14)3-4-9(7)13/h3-5H,2,6H2,1H3,(H,18,19). The zero-order chi connectivity index (χ0) is 14.0. The van der Waals surface area contributed by atoms with Gasteiger partial charge in [-0.25, -0.2) is 13.9 Å². The van der Waals surface area contributed by atoms with Crippen molar-refractivity contribution in [1.82, 2.24) is 15.0 Å². The maximum Gasteiger partial charge on any atom is 0.358 e. The van der Waals surface area contributed by atoms with Gasteiger partial charge in [0, 0.05) is 4.47 Å². The number of carboxylic acids is 1. The van der Waals surface area contributed by atoms with Crippen LogP contribution in [-0.2, 0) is 13.0 Å². The van der Waals surface area contributed by atoms with Crippen LogP contribution < -0.4 is 0 Å². The molecule has 0 bridgehead atoms. The average Bonchev–Trinajstić information content (AvgIpc) is 2.76. The normalized spacial score (nSPS) is 10.7. The topological polar surface area (TPSA) is 68.0 Å². The highest BCUT2D eigenvalue weighted by Gasteiger charge is 2.18. The van der Waals surface area contributed by atoms with Gasteiger partial charge in [0.1, 0.15) is 5.82 Å². The molecule has 2 rings (SSSR count). The SMILES string of the molecule is CCc1c(C(=O)O)nnn1Cc1cc(F)ccc1Br. The number of aromatic carboxylic acids is 1. The van der Waals surface area contributed by atoms with E-state index in [0.29, 0.717) is 17.7 Å². The zero-order valence-corrected chi connectivity index (χ0v) is 11.7. The summed E-state index contributed by atoms with van der Waals surface area (Å²) in [4.78, 5) is 11.0. The van der Waals surface area contributed by atoms with Crippen molar-refractivity contribution in [3.05, 3.63) is 45.4 Å². The fraction of sp³-hybridized carbons (Fsp3) is 0.250. The molecule has 0 fully saturated rings. The lowest BCUT2D eigenvalue weighted by Gasteiger charge is -2.07. The van der Waals surface area contributed by atoms with E-state index in [1.807, 2.05) is 6.92 Å². The molecule has 0 aliphatic carbocycles. The number of rotatable bonds is 4. The van der Waals surface area contributed by atoms with Crippen LogP contribution >= 0.6 is 15.9 Å². The minimum absolute atomic E-state index is 0.0602. The van der Waals surface area contributed by atoms with Crippen molar-refractivity contribution in [3.8, 4) is 0 Å². The quantitative estimate of drug-likeness (QED) is 0.936. The van der Waals surface area contributed by atoms with Gasteiger partial charge in [-0.1, -0.05) is 28.1 Å². The molecule has 0 radical (unpaired) electrons. The van der Waals surface area contributed by atoms with Gasteiger partial charge in [-0.3, -0.25) is 0 Å². The van der Waals surface area contributed by atoms with Crippen LogP contribution in [0.25, 0.3) is 0 Å². The summed E-state index contributed by atoms with van der Waals surface area (Å²) in [5.74, 6) is -1.46. The Labute approximate surface area is 117 Å². The van der Waals surface area contributed by atoms with Crippen LogP contribution in [0.2, 0.25) is 0 Å². The molecule has 2 aromatic rings. The number of aromatic nitrogens is 3. The van der Waals surface area contributed by atoms with E-state index < -0.39 is 5.97 Å². The monoisotopic (exact) mass is 327 g/mol. The molecule has 1 heterocycles. The van der Waals surface area contributed by atoms with Crippen molar-refractivity contribution in [2.24, 2.45) is 0 Å². The Bertz CT molecular complexity index is 627. The Hall–Kier alpha value is -1.76. The number of hydrogen-bond donors (Lipinski definition) is 1. The third-order valence-electron chi connectivity index (χ3n) is 2.70. The Morgan fingerprint density at radius 2 is 2.26 bits per heavy atom. The molecule has 1 aromatic carbocycles. The number of hydrogen-bond acceptors (Lipinski definition) is 3. The van der Waals surface area contributed by atoms with Crippen LogP contribution in [0.1, 0.15) is 28.7 Å². The summed E-state index contributed by atoms with van der Waals surface area (Å²) < 4.78 is 15.4. The van der Waals surface area contributed by atoms with E-state index in [0.717, 1.165) is 4.47 Å². The summed E-state index contributed by atoms with van der Waals surface area (Å²) in [7, 11) is 0. The highest BCUT2D eigenvalue weighted by molar-refractivity contribution is 9.10. The summed E-state index contributed by atoms with van der Waals surface area (Å²) in [5, 5.41) is 16.4. The molecule has 1 aromatic heterocycles. The number of benzene rings is 1. The van der Waals surface area contributed by atoms with Crippen LogP contribution in [0, 0.1) is 5.82 Å². The van der Waals surface area contributed by atoms with Gasteiger partial charge < -0.3 is 5.11 Å². The van der Waals surface area contributed by atoms with Crippen LogP contribution in [0.5, 0.6) is 0 Å². The molecule has 5 nitrogen and oxygen atoms in total. The molecule has 0 atom stereocenters. The number of nitrogens with zero attached hydrogens (tertiary/aromatic N) is 3. The first kappa shape index (κ1) is 13.7. The molecule has 0 spiro atoms. The molecule has 19 heavy (non-hydrogen) atoms. The van der Waals surface area contributed by atoms with Crippen molar-refractivity contribution in [3.63, 3.8) is 0 Å². The van der Waals surface area contributed by atoms with Gasteiger partial charge in [-0.05, 0) is 30.2 Å². The van der Waals surface area contributed by atoms with Crippen molar-refractivity contribution in [2.45, 2.75) is 19.9 Å². The van der Waals surface area contributed by atoms with Crippen molar-refractivity contribution < 1.29 is 14.3 Å². The first-order chi connectivity index (χ1) is 9.02. The average molecular weight is 328 g/mol. The molecule has 0 amide bonds. The van der Waals surface area contributed by atoms with E-state index in [9.17, 15) is 9.18 Å². The zero-order valence-electron chi connectivity index (χ0n) is 10.1. The predicted molar refractivity (Wildman–Crippen MR) is 69.6 cm³/mol. The van der Waals surface area contributed by atoms with E-state index >= 15 is 0 Å². The second kappa shape index (κ2) is 5.48. The Kier molecular flexibility index (Phi) is 3.94. The maximum absolute atomic E-state index is 13.2. The Morgan fingerprint density at radius 3 is 2.89 bits per heavy atom. The van der Waals surface area contributed by atoms with Gasteiger partial charge in [-0.2, -0.15) is 0 Å². The molecule has 7 heteroatoms. The Morgan fingerprint density at radius 1 is 1.53 bits per heavy atom. The molecular weight excluding hydrogens is 317 g/mol. The maximum atomic E-state index is 13.2. The first-order valence-electron chi connectivity index (χ1n) is 5.62. The van der Waals surface area contributed by atoms with Gasteiger partial charge in [0.05, 0.1) is 12.2 Å². The molecular formula is C12H11BrFN3O2. The van der Waals surface area contributed by atoms with Gasteiger partial charge in [0.25, 0.3) is 0 Å². The second-order valence-corrected chi connectivity index (χ2v) is 4.79. The second-order valence-electron chi connectivity index (χ2n) is 3.94. The third kappa shape index (κ3) is 2.81. The van der Waals surface area contributed by atoms with Gasteiger partial charge >= 0.3 is 5.97 Å². The third-order valence-corrected chi connectivity index (χ3v) is 3.48. The lowest BCUT2D eigenvalue weighted by Crippen LogP contribution is -2.09. The minimum atomic E-state index is -1.11. The summed E-state index contributed by atoms with van der Waals surface area (Å²) in [5.41, 5.74) is 1.13. The van der Waals surface area contributed by atoms with Gasteiger partial charge in [0.2, 0.25) is 0 Å². The van der Waals surface area contributed by atoms with Crippen molar-refractivity contribution >= 4 is 21.9 Å². The fourth-order valence-corrected chi connectivity index (χ4v) is 2.17. The van der Waals surface area contributed by atoms with E-state index in [1.165, 1.54) is 16.8 Å². The minimum Gasteiger partial charge on any atom is -0.476 e. The summed E-state index contributed by atoms with van der Waals surface area (Å²) in [6.45, 7) is 2.09. The lowest BCUT2D eigenvalue weighted by atomic mass is 10.2. The lowest BCUT2D eigenvalue weighted by molar-refractivity contribution is 0.0689. The van der Waals surface area contributed by atoms with Crippen LogP contribution in [0.3, 0.4) is 0 Å². The van der Waals surface area contributed by atoms with E-state index in [4.69, 9.17) is 5.11 Å². The van der Waals surface area contributed by atoms with Crippen molar-refractivity contribution in [2.75, 3.05) is 0 Å². The number of carboxylic acid groups (broad SMARTS) is 1.